The third-order valence-corrected chi connectivity index (χ3v) is 4.02. The molecule has 4 aromatic rings. The molecule has 2 aromatic carbocycles. The van der Waals surface area contributed by atoms with Crippen LogP contribution in [0.2, 0.25) is 5.02 Å². The number of H-pyrrole nitrogens is 1. The lowest BCUT2D eigenvalue weighted by atomic mass is 10.1. The zero-order chi connectivity index (χ0) is 16.7. The van der Waals surface area contributed by atoms with E-state index < -0.39 is 5.82 Å². The van der Waals surface area contributed by atoms with Gasteiger partial charge in [0.2, 0.25) is 0 Å². The predicted molar refractivity (Wildman–Crippen MR) is 91.4 cm³/mol. The summed E-state index contributed by atoms with van der Waals surface area (Å²) in [6, 6.07) is 13.3. The fraction of sp³-hybridized carbons (Fsp3) is 0. The average Bonchev–Trinajstić information content (AvgIpc) is 2.98. The zero-order valence-electron chi connectivity index (χ0n) is 12.3. The lowest BCUT2D eigenvalue weighted by molar-refractivity contribution is 0.475. The zero-order valence-corrected chi connectivity index (χ0v) is 13.0. The summed E-state index contributed by atoms with van der Waals surface area (Å²) in [7, 11) is 0. The largest absolute Gasteiger partial charge is 0.508 e. The number of nitrogens with one attached hydrogen (secondary N) is 1. The van der Waals surface area contributed by atoms with Gasteiger partial charge in [0.15, 0.2) is 0 Å². The minimum Gasteiger partial charge on any atom is -0.508 e. The van der Waals surface area contributed by atoms with E-state index in [9.17, 15) is 9.50 Å². The molecule has 0 amide bonds. The van der Waals surface area contributed by atoms with E-state index in [-0.39, 0.29) is 10.8 Å². The lowest BCUT2D eigenvalue weighted by Gasteiger charge is -2.06. The van der Waals surface area contributed by atoms with E-state index >= 15 is 0 Å². The highest BCUT2D eigenvalue weighted by Gasteiger charge is 2.14. The fourth-order valence-corrected chi connectivity index (χ4v) is 2.74. The van der Waals surface area contributed by atoms with Crippen LogP contribution in [0.5, 0.6) is 5.75 Å². The molecule has 6 heteroatoms. The van der Waals surface area contributed by atoms with Gasteiger partial charge in [0.1, 0.15) is 17.4 Å². The van der Waals surface area contributed by atoms with Crippen LogP contribution in [0.3, 0.4) is 0 Å². The van der Waals surface area contributed by atoms with Crippen LogP contribution in [-0.2, 0) is 0 Å². The van der Waals surface area contributed by atoms with Crippen LogP contribution in [0.4, 0.5) is 4.39 Å². The van der Waals surface area contributed by atoms with Crippen molar-refractivity contribution in [3.63, 3.8) is 0 Å². The van der Waals surface area contributed by atoms with E-state index in [4.69, 9.17) is 11.6 Å². The third-order valence-electron chi connectivity index (χ3n) is 3.73. The van der Waals surface area contributed by atoms with Crippen LogP contribution in [0.15, 0.2) is 54.7 Å². The molecule has 0 aliphatic rings. The van der Waals surface area contributed by atoms with Gasteiger partial charge >= 0.3 is 0 Å². The monoisotopic (exact) mass is 339 g/mol. The summed E-state index contributed by atoms with van der Waals surface area (Å²) in [5.41, 5.74) is 3.47. The van der Waals surface area contributed by atoms with Crippen molar-refractivity contribution in [1.82, 2.24) is 15.0 Å². The average molecular weight is 340 g/mol. The van der Waals surface area contributed by atoms with Crippen molar-refractivity contribution >= 4 is 22.6 Å². The van der Waals surface area contributed by atoms with Crippen LogP contribution >= 0.6 is 11.6 Å². The Labute approximate surface area is 141 Å². The first-order valence-electron chi connectivity index (χ1n) is 7.21. The maximum atomic E-state index is 13.6. The van der Waals surface area contributed by atoms with Crippen LogP contribution in [-0.4, -0.2) is 20.1 Å². The lowest BCUT2D eigenvalue weighted by Crippen LogP contribution is -1.90. The second kappa shape index (κ2) is 5.62. The van der Waals surface area contributed by atoms with Gasteiger partial charge in [-0.25, -0.2) is 9.37 Å². The van der Waals surface area contributed by atoms with Crippen LogP contribution in [0.1, 0.15) is 0 Å². The molecule has 2 aromatic heterocycles. The molecule has 0 unspecified atom stereocenters. The molecule has 0 radical (unpaired) electrons. The Balaban J connectivity index is 1.89. The Kier molecular flexibility index (Phi) is 3.43. The second-order valence-corrected chi connectivity index (χ2v) is 5.72. The molecule has 24 heavy (non-hydrogen) atoms. The third kappa shape index (κ3) is 2.49. The predicted octanol–water partition coefficient (Wildman–Crippen LogP) is 4.79. The number of imidazole rings is 1. The van der Waals surface area contributed by atoms with E-state index in [0.717, 1.165) is 11.1 Å². The first-order valence-corrected chi connectivity index (χ1v) is 7.59. The minimum atomic E-state index is -0.496. The van der Waals surface area contributed by atoms with Gasteiger partial charge < -0.3 is 10.1 Å². The smallest absolute Gasteiger partial charge is 0.144 e. The molecule has 2 heterocycles. The number of benzene rings is 2. The summed E-state index contributed by atoms with van der Waals surface area (Å²) < 4.78 is 13.6. The van der Waals surface area contributed by atoms with E-state index in [2.05, 4.69) is 15.0 Å². The summed E-state index contributed by atoms with van der Waals surface area (Å²) in [6.07, 6.45) is 1.69. The molecule has 0 spiro atoms. The molecule has 0 bridgehead atoms. The minimum absolute atomic E-state index is 0.0329. The van der Waals surface area contributed by atoms with Gasteiger partial charge in [-0.05, 0) is 42.5 Å². The summed E-state index contributed by atoms with van der Waals surface area (Å²) in [5, 5.41) is 9.48. The van der Waals surface area contributed by atoms with Crippen molar-refractivity contribution in [2.75, 3.05) is 0 Å². The number of phenols is 1. The molecular formula is C18H11ClFN3O. The number of pyridine rings is 1. The number of nitrogens with zero attached hydrogens (tertiary/aromatic N) is 2. The number of phenolic OH excluding ortho intramolecular Hbond substituents is 1. The molecule has 0 aliphatic carbocycles. The van der Waals surface area contributed by atoms with Gasteiger partial charge in [0, 0.05) is 23.4 Å². The summed E-state index contributed by atoms with van der Waals surface area (Å²) in [4.78, 5) is 12.0. The Morgan fingerprint density at radius 2 is 1.88 bits per heavy atom. The first-order chi connectivity index (χ1) is 11.6. The van der Waals surface area contributed by atoms with Crippen LogP contribution < -0.4 is 0 Å². The fourth-order valence-electron chi connectivity index (χ4n) is 2.58. The standard InChI is InChI=1S/C18H11ClFN3O/c19-13-8-15-16(9-14(13)20)23-18(22-15)12-2-1-7-21-17(12)10-3-5-11(24)6-4-10/h1-9,24H,(H,22,23). The normalized spacial score (nSPS) is 11.1. The second-order valence-electron chi connectivity index (χ2n) is 5.32. The highest BCUT2D eigenvalue weighted by Crippen LogP contribution is 2.31. The number of aromatic hydroxyl groups is 1. The molecule has 0 aliphatic heterocycles. The first kappa shape index (κ1) is 14.7. The van der Waals surface area contributed by atoms with Crippen molar-refractivity contribution in [2.45, 2.75) is 0 Å². The van der Waals surface area contributed by atoms with Crippen molar-refractivity contribution in [3.05, 3.63) is 65.6 Å². The number of fused-ring (bicyclic) bond motifs is 1. The maximum Gasteiger partial charge on any atom is 0.144 e. The molecule has 0 saturated heterocycles. The highest BCUT2D eigenvalue weighted by molar-refractivity contribution is 6.31. The van der Waals surface area contributed by atoms with Crippen molar-refractivity contribution < 1.29 is 9.50 Å². The van der Waals surface area contributed by atoms with E-state index in [1.165, 1.54) is 12.1 Å². The topological polar surface area (TPSA) is 61.8 Å². The Bertz CT molecular complexity index is 1010. The van der Waals surface area contributed by atoms with Crippen LogP contribution in [0.25, 0.3) is 33.7 Å². The summed E-state index contributed by atoms with van der Waals surface area (Å²) in [5.74, 6) is 0.261. The van der Waals surface area contributed by atoms with E-state index in [1.807, 2.05) is 6.07 Å². The Morgan fingerprint density at radius 3 is 2.67 bits per heavy atom. The molecule has 2 N–H and O–H groups in total. The number of hydrogen-bond donors (Lipinski definition) is 2. The van der Waals surface area contributed by atoms with E-state index in [1.54, 1.807) is 36.5 Å². The molecule has 0 fully saturated rings. The molecular weight excluding hydrogens is 329 g/mol. The number of halogens is 2. The van der Waals surface area contributed by atoms with Gasteiger partial charge in [-0.3, -0.25) is 4.98 Å². The number of hydrogen-bond acceptors (Lipinski definition) is 3. The Morgan fingerprint density at radius 1 is 1.08 bits per heavy atom. The molecule has 0 atom stereocenters. The van der Waals surface area contributed by atoms with Gasteiger partial charge in [-0.15, -0.1) is 0 Å². The van der Waals surface area contributed by atoms with Gasteiger partial charge in [-0.1, -0.05) is 11.6 Å². The number of rotatable bonds is 2. The van der Waals surface area contributed by atoms with E-state index in [0.29, 0.717) is 22.6 Å². The van der Waals surface area contributed by atoms with Crippen LogP contribution in [0, 0.1) is 5.82 Å². The van der Waals surface area contributed by atoms with Gasteiger partial charge in [0.25, 0.3) is 0 Å². The van der Waals surface area contributed by atoms with Crippen molar-refractivity contribution in [2.24, 2.45) is 0 Å². The molecule has 4 nitrogen and oxygen atoms in total. The maximum absolute atomic E-state index is 13.6. The number of aromatic nitrogens is 3. The van der Waals surface area contributed by atoms with Crippen molar-refractivity contribution in [3.8, 4) is 28.4 Å². The highest BCUT2D eigenvalue weighted by atomic mass is 35.5. The van der Waals surface area contributed by atoms with Gasteiger partial charge in [-0.2, -0.15) is 0 Å². The van der Waals surface area contributed by atoms with Gasteiger partial charge in [0.05, 0.1) is 21.7 Å². The SMILES string of the molecule is Oc1ccc(-c2ncccc2-c2nc3cc(Cl)c(F)cc3[nH]2)cc1. The number of aromatic amines is 1. The quantitative estimate of drug-likeness (QED) is 0.552. The molecule has 118 valence electrons. The van der Waals surface area contributed by atoms with Crippen molar-refractivity contribution in [1.29, 1.82) is 0 Å². The molecule has 0 saturated carbocycles. The summed E-state index contributed by atoms with van der Waals surface area (Å²) in [6.45, 7) is 0. The summed E-state index contributed by atoms with van der Waals surface area (Å²) >= 11 is 5.82. The molecule has 4 rings (SSSR count). The Hall–Kier alpha value is -2.92.